The fraction of sp³-hybridized carbons (Fsp3) is 1.00. The van der Waals surface area contributed by atoms with Gasteiger partial charge in [0, 0.05) is 0 Å². The van der Waals surface area contributed by atoms with E-state index in [4.69, 9.17) is 0 Å². The minimum Gasteiger partial charge on any atom is -0.0656 e. The predicted molar refractivity (Wildman–Crippen MR) is 145 cm³/mol. The zero-order chi connectivity index (χ0) is 23.1. The van der Waals surface area contributed by atoms with Crippen molar-refractivity contribution < 1.29 is 0 Å². The molecule has 0 bridgehead atoms. The van der Waals surface area contributed by atoms with Gasteiger partial charge < -0.3 is 0 Å². The Hall–Kier alpha value is 0. The minimum absolute atomic E-state index is 0.953. The summed E-state index contributed by atoms with van der Waals surface area (Å²) in [5.74, 6) is 0.953. The summed E-state index contributed by atoms with van der Waals surface area (Å²) in [6.45, 7) is 15.8. The van der Waals surface area contributed by atoms with E-state index in [-0.39, 0.29) is 0 Å². The Morgan fingerprint density at radius 2 is 0.600 bits per heavy atom. The van der Waals surface area contributed by atoms with Crippen molar-refractivity contribution in [3.63, 3.8) is 0 Å². The summed E-state index contributed by atoms with van der Waals surface area (Å²) >= 11 is 0. The molecule has 0 heteroatoms. The lowest BCUT2D eigenvalue weighted by Crippen LogP contribution is -1.91. The van der Waals surface area contributed by atoms with Crippen molar-refractivity contribution in [2.45, 2.75) is 190 Å². The molecule has 0 aromatic carbocycles. The minimum atomic E-state index is 0.953. The molecule has 0 N–H and O–H groups in total. The van der Waals surface area contributed by atoms with Gasteiger partial charge in [-0.05, 0) is 5.92 Å². The Morgan fingerprint density at radius 3 is 0.833 bits per heavy atom. The van der Waals surface area contributed by atoms with E-state index in [1.165, 1.54) is 141 Å². The molecule has 0 saturated carbocycles. The Labute approximate surface area is 195 Å². The Kier molecular flexibility index (Phi) is 42.0. The van der Waals surface area contributed by atoms with E-state index in [9.17, 15) is 0 Å². The van der Waals surface area contributed by atoms with Crippen molar-refractivity contribution >= 4 is 0 Å². The van der Waals surface area contributed by atoms with Crippen molar-refractivity contribution in [2.24, 2.45) is 5.92 Å². The van der Waals surface area contributed by atoms with E-state index in [1.54, 1.807) is 0 Å². The highest BCUT2D eigenvalue weighted by atomic mass is 14.0. The summed E-state index contributed by atoms with van der Waals surface area (Å²) in [7, 11) is 0. The van der Waals surface area contributed by atoms with Crippen molar-refractivity contribution in [3.8, 4) is 0 Å². The van der Waals surface area contributed by atoms with Gasteiger partial charge in [0.15, 0.2) is 0 Å². The lowest BCUT2D eigenvalue weighted by Gasteiger charge is -2.07. The number of rotatable bonds is 20. The maximum absolute atomic E-state index is 2.38. The molecule has 0 radical (unpaired) electrons. The highest BCUT2D eigenvalue weighted by Gasteiger charge is 1.98. The van der Waals surface area contributed by atoms with Crippen LogP contribution in [0.25, 0.3) is 0 Å². The molecule has 0 fully saturated rings. The smallest absolute Gasteiger partial charge is 0.0445 e. The molecule has 0 saturated heterocycles. The Morgan fingerprint density at radius 1 is 0.367 bits per heavy atom. The highest BCUT2D eigenvalue weighted by Crippen LogP contribution is 2.15. The van der Waals surface area contributed by atoms with Gasteiger partial charge >= 0.3 is 0 Å². The second-order valence-corrected chi connectivity index (χ2v) is 9.67. The lowest BCUT2D eigenvalue weighted by molar-refractivity contribution is 0.469. The molecule has 186 valence electrons. The summed E-state index contributed by atoms with van der Waals surface area (Å²) in [5.41, 5.74) is 0. The predicted octanol–water partition coefficient (Wildman–Crippen LogP) is 12.3. The molecule has 0 rings (SSSR count). The SMILES string of the molecule is CCC.CCCCCCCCCCCC.CCCCCCCCCCCC(C)CC. The monoisotopic (exact) mass is 427 g/mol. The summed E-state index contributed by atoms with van der Waals surface area (Å²) in [5, 5.41) is 0. The molecular weight excluding hydrogens is 360 g/mol. The van der Waals surface area contributed by atoms with Gasteiger partial charge in [-0.25, -0.2) is 0 Å². The van der Waals surface area contributed by atoms with Crippen molar-refractivity contribution in [2.75, 3.05) is 0 Å². The van der Waals surface area contributed by atoms with Crippen LogP contribution < -0.4 is 0 Å². The van der Waals surface area contributed by atoms with Crippen LogP contribution in [0.5, 0.6) is 0 Å². The highest BCUT2D eigenvalue weighted by molar-refractivity contribution is 4.52. The van der Waals surface area contributed by atoms with E-state index >= 15 is 0 Å². The number of hydrogen-bond donors (Lipinski definition) is 0. The van der Waals surface area contributed by atoms with Crippen molar-refractivity contribution in [1.29, 1.82) is 0 Å². The molecule has 0 aliphatic rings. The molecule has 0 aliphatic carbocycles. The average molecular weight is 427 g/mol. The van der Waals surface area contributed by atoms with E-state index in [2.05, 4.69) is 48.5 Å². The fourth-order valence-electron chi connectivity index (χ4n) is 3.57. The van der Waals surface area contributed by atoms with E-state index in [1.807, 2.05) is 0 Å². The van der Waals surface area contributed by atoms with Gasteiger partial charge in [0.1, 0.15) is 0 Å². The van der Waals surface area contributed by atoms with Crippen molar-refractivity contribution in [1.82, 2.24) is 0 Å². The standard InChI is InChI=1S/C15H32.C12H26.C3H8/c1-4-6-7-8-9-10-11-12-13-14-15(3)5-2;1-3-5-7-9-11-12-10-8-6-4-2;1-3-2/h15H,4-14H2,1-3H3;3-12H2,1-2H3;3H2,1-2H3. The maximum Gasteiger partial charge on any atom is -0.0445 e. The van der Waals surface area contributed by atoms with Crippen molar-refractivity contribution in [3.05, 3.63) is 0 Å². The topological polar surface area (TPSA) is 0 Å². The largest absolute Gasteiger partial charge is 0.0656 e. The summed E-state index contributed by atoms with van der Waals surface area (Å²) in [6, 6.07) is 0. The Bertz CT molecular complexity index is 222. The van der Waals surface area contributed by atoms with Crippen LogP contribution in [0.3, 0.4) is 0 Å². The van der Waals surface area contributed by atoms with Crippen LogP contribution in [0.1, 0.15) is 190 Å². The molecule has 1 atom stereocenters. The molecule has 0 aliphatic heterocycles. The van der Waals surface area contributed by atoms with Gasteiger partial charge in [0.25, 0.3) is 0 Å². The van der Waals surface area contributed by atoms with Gasteiger partial charge in [-0.2, -0.15) is 0 Å². The number of hydrogen-bond acceptors (Lipinski definition) is 0. The normalized spacial score (nSPS) is 11.3. The third-order valence-electron chi connectivity index (χ3n) is 5.95. The molecule has 30 heavy (non-hydrogen) atoms. The molecule has 0 aromatic heterocycles. The first-order valence-electron chi connectivity index (χ1n) is 14.6. The second-order valence-electron chi connectivity index (χ2n) is 9.67. The van der Waals surface area contributed by atoms with Crippen LogP contribution in [0, 0.1) is 5.92 Å². The van der Waals surface area contributed by atoms with E-state index in [0.29, 0.717) is 0 Å². The lowest BCUT2D eigenvalue weighted by atomic mass is 9.99. The van der Waals surface area contributed by atoms with Crippen LogP contribution >= 0.6 is 0 Å². The van der Waals surface area contributed by atoms with E-state index in [0.717, 1.165) is 5.92 Å². The van der Waals surface area contributed by atoms with Crippen LogP contribution in [0.15, 0.2) is 0 Å². The first-order valence-corrected chi connectivity index (χ1v) is 14.6. The van der Waals surface area contributed by atoms with Crippen LogP contribution in [0.2, 0.25) is 0 Å². The average Bonchev–Trinajstić information content (AvgIpc) is 2.75. The van der Waals surface area contributed by atoms with Gasteiger partial charge in [-0.1, -0.05) is 190 Å². The first kappa shape index (κ1) is 34.6. The zero-order valence-electron chi connectivity index (χ0n) is 23.1. The molecule has 1 unspecified atom stereocenters. The van der Waals surface area contributed by atoms with Gasteiger partial charge in [-0.15, -0.1) is 0 Å². The summed E-state index contributed by atoms with van der Waals surface area (Å²) < 4.78 is 0. The fourth-order valence-corrected chi connectivity index (χ4v) is 3.57. The quantitative estimate of drug-likeness (QED) is 0.170. The van der Waals surface area contributed by atoms with Gasteiger partial charge in [0.2, 0.25) is 0 Å². The van der Waals surface area contributed by atoms with E-state index < -0.39 is 0 Å². The molecule has 0 aromatic rings. The number of unbranched alkanes of at least 4 members (excludes halogenated alkanes) is 17. The molecule has 0 heterocycles. The third kappa shape index (κ3) is 42.2. The second kappa shape index (κ2) is 36.4. The molecule has 0 nitrogen and oxygen atoms in total. The maximum atomic E-state index is 2.38. The first-order chi connectivity index (χ1) is 14.6. The Balaban J connectivity index is -0.000000437. The van der Waals surface area contributed by atoms with Crippen LogP contribution in [-0.2, 0) is 0 Å². The van der Waals surface area contributed by atoms with Crippen LogP contribution in [-0.4, -0.2) is 0 Å². The molecular formula is C30H66. The third-order valence-corrected chi connectivity index (χ3v) is 5.95. The summed E-state index contributed by atoms with van der Waals surface area (Å²) in [4.78, 5) is 0. The summed E-state index contributed by atoms with van der Waals surface area (Å²) in [6.07, 6.45) is 31.6. The zero-order valence-corrected chi connectivity index (χ0v) is 23.1. The van der Waals surface area contributed by atoms with Crippen LogP contribution in [0.4, 0.5) is 0 Å². The molecule has 0 amide bonds. The van der Waals surface area contributed by atoms with Gasteiger partial charge in [0.05, 0.1) is 0 Å². The molecule has 0 spiro atoms. The van der Waals surface area contributed by atoms with Gasteiger partial charge in [-0.3, -0.25) is 0 Å².